The number of aliphatic hydroxyl groups excluding tert-OH is 1. The normalized spacial score (nSPS) is 13.5. The van der Waals surface area contributed by atoms with Crippen LogP contribution in [0, 0.1) is 0 Å². The molecule has 3 aromatic carbocycles. The van der Waals surface area contributed by atoms with Gasteiger partial charge in [-0.2, -0.15) is 0 Å². The topological polar surface area (TPSA) is 29.5 Å². The van der Waals surface area contributed by atoms with Gasteiger partial charge in [0.05, 0.1) is 13.2 Å². The van der Waals surface area contributed by atoms with E-state index in [9.17, 15) is 5.11 Å². The molecule has 2 atom stereocenters. The molecule has 3 aromatic rings. The molecular weight excluding hydrogens is 320 g/mol. The summed E-state index contributed by atoms with van der Waals surface area (Å²) in [5.74, 6) is 0.667. The van der Waals surface area contributed by atoms with E-state index < -0.39 is 6.10 Å². The highest BCUT2D eigenvalue weighted by atomic mass is 16.5. The fourth-order valence-corrected chi connectivity index (χ4v) is 3.19. The first-order valence-corrected chi connectivity index (χ1v) is 8.87. The zero-order valence-corrected chi connectivity index (χ0v) is 15.0. The van der Waals surface area contributed by atoms with Crippen molar-refractivity contribution in [3.63, 3.8) is 0 Å². The van der Waals surface area contributed by atoms with Crippen LogP contribution in [0.2, 0.25) is 0 Å². The van der Waals surface area contributed by atoms with E-state index in [1.54, 1.807) is 7.11 Å². The average Bonchev–Trinajstić information content (AvgIpc) is 2.72. The fraction of sp³-hybridized carbons (Fsp3) is 0.167. The average molecular weight is 344 g/mol. The molecule has 0 unspecified atom stereocenters. The van der Waals surface area contributed by atoms with E-state index in [4.69, 9.17) is 4.74 Å². The Morgan fingerprint density at radius 3 is 2.15 bits per heavy atom. The van der Waals surface area contributed by atoms with E-state index in [-0.39, 0.29) is 5.92 Å². The number of benzene rings is 3. The van der Waals surface area contributed by atoms with Crippen molar-refractivity contribution in [2.45, 2.75) is 18.4 Å². The molecule has 0 radical (unpaired) electrons. The zero-order chi connectivity index (χ0) is 18.2. The first-order valence-electron chi connectivity index (χ1n) is 8.87. The Morgan fingerprint density at radius 2 is 1.46 bits per heavy atom. The molecule has 0 aliphatic rings. The van der Waals surface area contributed by atoms with Crippen molar-refractivity contribution in [3.8, 4) is 5.75 Å². The van der Waals surface area contributed by atoms with Gasteiger partial charge >= 0.3 is 0 Å². The number of aliphatic hydroxyl groups is 1. The summed E-state index contributed by atoms with van der Waals surface area (Å²) in [5, 5.41) is 11.1. The van der Waals surface area contributed by atoms with Gasteiger partial charge in [0.25, 0.3) is 0 Å². The maximum Gasteiger partial charge on any atom is 0.124 e. The minimum Gasteiger partial charge on any atom is -0.496 e. The van der Waals surface area contributed by atoms with Gasteiger partial charge in [-0.15, -0.1) is 0 Å². The maximum absolute atomic E-state index is 11.1. The smallest absolute Gasteiger partial charge is 0.124 e. The highest BCUT2D eigenvalue weighted by Gasteiger charge is 2.24. The molecule has 26 heavy (non-hydrogen) atoms. The second-order valence-electron chi connectivity index (χ2n) is 6.25. The lowest BCUT2D eigenvalue weighted by Gasteiger charge is -2.24. The van der Waals surface area contributed by atoms with Gasteiger partial charge in [0.15, 0.2) is 0 Å². The molecule has 0 amide bonds. The van der Waals surface area contributed by atoms with Crippen LogP contribution in [0.3, 0.4) is 0 Å². The van der Waals surface area contributed by atoms with Crippen molar-refractivity contribution in [2.24, 2.45) is 0 Å². The van der Waals surface area contributed by atoms with Crippen LogP contribution >= 0.6 is 0 Å². The predicted molar refractivity (Wildman–Crippen MR) is 107 cm³/mol. The number of hydrogen-bond donors (Lipinski definition) is 1. The number of rotatable bonds is 7. The summed E-state index contributed by atoms with van der Waals surface area (Å²) in [6.07, 6.45) is 4.32. The Hall–Kier alpha value is -2.84. The summed E-state index contributed by atoms with van der Waals surface area (Å²) in [6.45, 7) is 0. The largest absolute Gasteiger partial charge is 0.496 e. The summed E-state index contributed by atoms with van der Waals surface area (Å²) in [5.41, 5.74) is 3.09. The van der Waals surface area contributed by atoms with Crippen LogP contribution in [0.4, 0.5) is 0 Å². The summed E-state index contributed by atoms with van der Waals surface area (Å²) in [4.78, 5) is 0. The maximum atomic E-state index is 11.1. The van der Waals surface area contributed by atoms with Crippen LogP contribution in [0.5, 0.6) is 5.75 Å². The number of allylic oxidation sites excluding steroid dienone is 1. The molecule has 2 nitrogen and oxygen atoms in total. The fourth-order valence-electron chi connectivity index (χ4n) is 3.19. The van der Waals surface area contributed by atoms with Crippen LogP contribution in [0.25, 0.3) is 6.08 Å². The Bertz CT molecular complexity index is 825. The van der Waals surface area contributed by atoms with Gasteiger partial charge in [0.1, 0.15) is 5.75 Å². The Morgan fingerprint density at radius 1 is 0.846 bits per heavy atom. The summed E-state index contributed by atoms with van der Waals surface area (Å²) >= 11 is 0. The standard InChI is InChI=1S/C24H24O2/c1-26-23-18-9-8-16-22(23)24(25)21(20-14-6-3-7-15-20)17-10-13-19-11-4-2-5-12-19/h2-16,18,21,24-25H,17H2,1H3/b13-10+/t21-,24+/m0/s1. The van der Waals surface area contributed by atoms with Gasteiger partial charge in [0.2, 0.25) is 0 Å². The highest BCUT2D eigenvalue weighted by molar-refractivity contribution is 5.49. The molecule has 0 aliphatic carbocycles. The molecule has 2 heteroatoms. The SMILES string of the molecule is COc1ccccc1[C@H](O)[C@@H](C/C=C/c1ccccc1)c1ccccc1. The minimum atomic E-state index is -0.644. The van der Waals surface area contributed by atoms with E-state index in [0.29, 0.717) is 5.75 Å². The molecule has 0 aliphatic heterocycles. The third kappa shape index (κ3) is 4.41. The van der Waals surface area contributed by atoms with Gasteiger partial charge in [-0.25, -0.2) is 0 Å². The quantitative estimate of drug-likeness (QED) is 0.603. The molecule has 0 bridgehead atoms. The molecule has 0 aromatic heterocycles. The lowest BCUT2D eigenvalue weighted by Crippen LogP contribution is -2.11. The number of ether oxygens (including phenoxy) is 1. The third-order valence-electron chi connectivity index (χ3n) is 4.57. The van der Waals surface area contributed by atoms with Crippen LogP contribution in [0.15, 0.2) is 91.0 Å². The zero-order valence-electron chi connectivity index (χ0n) is 15.0. The van der Waals surface area contributed by atoms with Crippen LogP contribution in [0.1, 0.15) is 35.1 Å². The number of hydrogen-bond acceptors (Lipinski definition) is 2. The van der Waals surface area contributed by atoms with Crippen LogP contribution in [-0.2, 0) is 0 Å². The molecule has 0 heterocycles. The lowest BCUT2D eigenvalue weighted by molar-refractivity contribution is 0.142. The van der Waals surface area contributed by atoms with Crippen LogP contribution < -0.4 is 4.74 Å². The second kappa shape index (κ2) is 9.02. The summed E-state index contributed by atoms with van der Waals surface area (Å²) in [7, 11) is 1.64. The van der Waals surface area contributed by atoms with E-state index in [0.717, 1.165) is 23.1 Å². The van der Waals surface area contributed by atoms with Gasteiger partial charge in [0, 0.05) is 11.5 Å². The Labute approximate surface area is 155 Å². The van der Waals surface area contributed by atoms with Crippen molar-refractivity contribution in [3.05, 3.63) is 108 Å². The van der Waals surface area contributed by atoms with Crippen LogP contribution in [-0.4, -0.2) is 12.2 Å². The Kier molecular flexibility index (Phi) is 6.24. The van der Waals surface area contributed by atoms with Gasteiger partial charge in [-0.3, -0.25) is 0 Å². The lowest BCUT2D eigenvalue weighted by atomic mass is 9.86. The van der Waals surface area contributed by atoms with E-state index in [1.807, 2.05) is 60.7 Å². The van der Waals surface area contributed by atoms with Crippen molar-refractivity contribution in [1.82, 2.24) is 0 Å². The van der Waals surface area contributed by atoms with Gasteiger partial charge in [-0.1, -0.05) is 91.0 Å². The van der Waals surface area contributed by atoms with E-state index in [1.165, 1.54) is 0 Å². The number of methoxy groups -OCH3 is 1. The van der Waals surface area contributed by atoms with E-state index >= 15 is 0 Å². The van der Waals surface area contributed by atoms with E-state index in [2.05, 4.69) is 36.4 Å². The van der Waals surface area contributed by atoms with Crippen molar-refractivity contribution in [2.75, 3.05) is 7.11 Å². The molecule has 0 spiro atoms. The molecule has 0 fully saturated rings. The first kappa shape index (κ1) is 18.0. The molecule has 0 saturated heterocycles. The summed E-state index contributed by atoms with van der Waals surface area (Å²) in [6, 6.07) is 28.0. The molecular formula is C24H24O2. The summed E-state index contributed by atoms with van der Waals surface area (Å²) < 4.78 is 5.45. The van der Waals surface area contributed by atoms with Crippen molar-refractivity contribution in [1.29, 1.82) is 0 Å². The highest BCUT2D eigenvalue weighted by Crippen LogP contribution is 2.38. The second-order valence-corrected chi connectivity index (χ2v) is 6.25. The molecule has 3 rings (SSSR count). The van der Waals surface area contributed by atoms with Crippen molar-refractivity contribution < 1.29 is 9.84 Å². The van der Waals surface area contributed by atoms with Crippen molar-refractivity contribution >= 4 is 6.08 Å². The Balaban J connectivity index is 1.87. The van der Waals surface area contributed by atoms with Gasteiger partial charge in [-0.05, 0) is 23.6 Å². The molecule has 1 N–H and O–H groups in total. The number of para-hydroxylation sites is 1. The third-order valence-corrected chi connectivity index (χ3v) is 4.57. The molecule has 0 saturated carbocycles. The monoisotopic (exact) mass is 344 g/mol. The molecule has 132 valence electrons. The first-order chi connectivity index (χ1) is 12.8. The van der Waals surface area contributed by atoms with Gasteiger partial charge < -0.3 is 9.84 Å². The predicted octanol–water partition coefficient (Wildman–Crippen LogP) is 5.62. The minimum absolute atomic E-state index is 0.0486.